The van der Waals surface area contributed by atoms with Crippen LogP contribution in [0.1, 0.15) is 43.8 Å². The van der Waals surface area contributed by atoms with Gasteiger partial charge in [0, 0.05) is 11.8 Å². The molecule has 0 radical (unpaired) electrons. The van der Waals surface area contributed by atoms with Gasteiger partial charge in [-0.1, -0.05) is 56.3 Å². The number of aromatic nitrogens is 2. The second kappa shape index (κ2) is 15.4. The van der Waals surface area contributed by atoms with Crippen molar-refractivity contribution in [3.63, 3.8) is 0 Å². The first-order valence-electron chi connectivity index (χ1n) is 12.1. The van der Waals surface area contributed by atoms with Gasteiger partial charge in [-0.3, -0.25) is 24.8 Å². The van der Waals surface area contributed by atoms with Crippen molar-refractivity contribution in [1.29, 1.82) is 0 Å². The van der Waals surface area contributed by atoms with Gasteiger partial charge in [-0.25, -0.2) is 23.9 Å². The van der Waals surface area contributed by atoms with E-state index in [1.807, 2.05) is 50.3 Å². The Labute approximate surface area is 235 Å². The number of amides is 2. The van der Waals surface area contributed by atoms with E-state index in [2.05, 4.69) is 15.4 Å². The van der Waals surface area contributed by atoms with Crippen molar-refractivity contribution >= 4 is 43.8 Å². The lowest BCUT2D eigenvalue weighted by atomic mass is 9.82. The predicted molar refractivity (Wildman–Crippen MR) is 151 cm³/mol. The average molecular weight is 600 g/mol. The molecule has 2 atom stereocenters. The number of carbonyl (C=O) groups is 2. The van der Waals surface area contributed by atoms with Crippen LogP contribution in [0.3, 0.4) is 0 Å². The number of nitrogens with one attached hydrogen (secondary N) is 2. The van der Waals surface area contributed by atoms with Gasteiger partial charge in [0.25, 0.3) is 20.1 Å². The van der Waals surface area contributed by atoms with Gasteiger partial charge >= 0.3 is 0 Å². The minimum atomic E-state index is -3.97. The van der Waals surface area contributed by atoms with E-state index in [9.17, 15) is 31.6 Å². The van der Waals surface area contributed by atoms with Gasteiger partial charge in [0.1, 0.15) is 5.82 Å². The average Bonchev–Trinajstić information content (AvgIpc) is 2.81. The second-order valence-corrected chi connectivity index (χ2v) is 12.8. The minimum Gasteiger partial charge on any atom is -0.289 e. The molecular weight excluding hydrogens is 562 g/mol. The number of carbonyl (C=O) groups excluding carboxylic acids is 2. The highest BCUT2D eigenvalue weighted by atomic mass is 32.2. The molecular formula is C25H37N5O8S2. The van der Waals surface area contributed by atoms with Crippen LogP contribution in [-0.4, -0.2) is 60.9 Å². The van der Waals surface area contributed by atoms with Crippen molar-refractivity contribution in [3.8, 4) is 0 Å². The second-order valence-electron chi connectivity index (χ2n) is 9.52. The molecule has 0 fully saturated rings. The maximum absolute atomic E-state index is 13.4. The molecule has 2 rings (SSSR count). The number of rotatable bonds is 11. The number of sulfonamides is 1. The number of anilines is 1. The van der Waals surface area contributed by atoms with Crippen LogP contribution in [-0.2, 0) is 29.7 Å². The fourth-order valence-corrected chi connectivity index (χ4v) is 4.40. The molecule has 0 aliphatic rings. The highest BCUT2D eigenvalue weighted by molar-refractivity contribution is 7.92. The summed E-state index contributed by atoms with van der Waals surface area (Å²) in [5, 5.41) is 9.36. The van der Waals surface area contributed by atoms with E-state index in [-0.39, 0.29) is 24.6 Å². The fraction of sp³-hybridized carbons (Fsp3) is 0.440. The Kier molecular flexibility index (Phi) is 13.3. The lowest BCUT2D eigenvalue weighted by Crippen LogP contribution is -2.51. The SMILES string of the molecule is CS(=O)(=O)O.Cc1cc(N(NC(=O)[C@H](CC(C)C)[C@H](C/C=C/c2ccccc2)C(=O)NO)S(C)(=O)=O)nc(C)n1. The molecule has 0 bridgehead atoms. The fourth-order valence-electron chi connectivity index (χ4n) is 3.71. The molecule has 1 aromatic carbocycles. The largest absolute Gasteiger partial charge is 0.289 e. The van der Waals surface area contributed by atoms with Crippen molar-refractivity contribution in [1.82, 2.24) is 20.9 Å². The molecule has 1 heterocycles. The van der Waals surface area contributed by atoms with Crippen LogP contribution >= 0.6 is 0 Å². The van der Waals surface area contributed by atoms with Gasteiger partial charge in [-0.15, -0.1) is 0 Å². The Hall–Kier alpha value is -3.40. The van der Waals surface area contributed by atoms with Crippen molar-refractivity contribution < 1.29 is 36.2 Å². The topological polar surface area (TPSA) is 196 Å². The van der Waals surface area contributed by atoms with E-state index in [1.165, 1.54) is 6.07 Å². The summed E-state index contributed by atoms with van der Waals surface area (Å²) in [4.78, 5) is 34.3. The molecule has 0 saturated carbocycles. The van der Waals surface area contributed by atoms with Crippen molar-refractivity contribution in [2.24, 2.45) is 17.8 Å². The summed E-state index contributed by atoms with van der Waals surface area (Å²) >= 11 is 0. The zero-order chi connectivity index (χ0) is 30.7. The third kappa shape index (κ3) is 13.1. The Morgan fingerprint density at radius 2 is 1.57 bits per heavy atom. The lowest BCUT2D eigenvalue weighted by Gasteiger charge is -2.29. The summed E-state index contributed by atoms with van der Waals surface area (Å²) in [5.74, 6) is -2.96. The van der Waals surface area contributed by atoms with Crippen LogP contribution in [0.25, 0.3) is 6.08 Å². The van der Waals surface area contributed by atoms with Crippen LogP contribution in [0.4, 0.5) is 5.82 Å². The molecule has 13 nitrogen and oxygen atoms in total. The molecule has 40 heavy (non-hydrogen) atoms. The maximum Gasteiger partial charge on any atom is 0.261 e. The van der Waals surface area contributed by atoms with Gasteiger partial charge in [-0.2, -0.15) is 12.8 Å². The molecule has 222 valence electrons. The van der Waals surface area contributed by atoms with E-state index in [4.69, 9.17) is 4.55 Å². The number of benzene rings is 1. The van der Waals surface area contributed by atoms with Crippen LogP contribution in [0.2, 0.25) is 0 Å². The van der Waals surface area contributed by atoms with Crippen molar-refractivity contribution in [3.05, 3.63) is 59.6 Å². The van der Waals surface area contributed by atoms with Crippen molar-refractivity contribution in [2.45, 2.75) is 40.5 Å². The number of hydrogen-bond acceptors (Lipinski definition) is 9. The third-order valence-electron chi connectivity index (χ3n) is 5.20. The number of hydroxylamine groups is 1. The Balaban J connectivity index is 0.00000146. The Bertz CT molecular complexity index is 1350. The molecule has 15 heteroatoms. The van der Waals surface area contributed by atoms with Crippen molar-refractivity contribution in [2.75, 3.05) is 16.9 Å². The predicted octanol–water partition coefficient (Wildman–Crippen LogP) is 2.28. The maximum atomic E-state index is 13.4. The molecule has 0 spiro atoms. The molecule has 0 saturated heterocycles. The van der Waals surface area contributed by atoms with Crippen LogP contribution in [0, 0.1) is 31.6 Å². The zero-order valence-corrected chi connectivity index (χ0v) is 24.9. The summed E-state index contributed by atoms with van der Waals surface area (Å²) in [6.07, 6.45) is 5.66. The molecule has 0 aliphatic carbocycles. The summed E-state index contributed by atoms with van der Waals surface area (Å²) in [7, 11) is -7.63. The zero-order valence-electron chi connectivity index (χ0n) is 23.3. The normalized spacial score (nSPS) is 13.2. The number of hydrazine groups is 1. The van der Waals surface area contributed by atoms with Gasteiger partial charge < -0.3 is 0 Å². The summed E-state index contributed by atoms with van der Waals surface area (Å²) in [6, 6.07) is 10.9. The lowest BCUT2D eigenvalue weighted by molar-refractivity contribution is -0.140. The first kappa shape index (κ1) is 34.6. The summed E-state index contributed by atoms with van der Waals surface area (Å²) in [5.41, 5.74) is 5.52. The van der Waals surface area contributed by atoms with Gasteiger partial charge in [0.05, 0.1) is 24.3 Å². The molecule has 2 amide bonds. The highest BCUT2D eigenvalue weighted by Gasteiger charge is 2.35. The summed E-state index contributed by atoms with van der Waals surface area (Å²) in [6.45, 7) is 7.07. The monoisotopic (exact) mass is 599 g/mol. The van der Waals surface area contributed by atoms with E-state index < -0.39 is 43.8 Å². The molecule has 0 aliphatic heterocycles. The first-order chi connectivity index (χ1) is 18.4. The molecule has 4 N–H and O–H groups in total. The standard InChI is InChI=1S/C24H33N5O5S.CH4O3S/c1-16(2)14-21(20(24(31)28-32)13-9-12-19-10-7-6-8-11-19)23(30)27-29(35(5,33)34)22-15-17(3)25-18(4)26-22;1-5(2,3)4/h6-12,15-16,20-21,32H,13-14H2,1-5H3,(H,27,30)(H,28,31);1H3,(H,2,3,4)/b12-9+;/t20-,21+;/m0./s1. The Morgan fingerprint density at radius 1 is 1.00 bits per heavy atom. The van der Waals surface area contributed by atoms with Crippen LogP contribution < -0.4 is 15.3 Å². The van der Waals surface area contributed by atoms with Crippen LogP contribution in [0.5, 0.6) is 0 Å². The molecule has 2 aromatic rings. The number of hydrogen-bond donors (Lipinski definition) is 4. The summed E-state index contributed by atoms with van der Waals surface area (Å²) < 4.78 is 51.6. The molecule has 0 unspecified atom stereocenters. The quantitative estimate of drug-likeness (QED) is 0.169. The van der Waals surface area contributed by atoms with E-state index in [0.717, 1.165) is 11.8 Å². The minimum absolute atomic E-state index is 0.00747. The van der Waals surface area contributed by atoms with Gasteiger partial charge in [0.15, 0.2) is 5.82 Å². The number of nitrogens with zero attached hydrogens (tertiary/aromatic N) is 3. The Morgan fingerprint density at radius 3 is 2.05 bits per heavy atom. The van der Waals surface area contributed by atoms with E-state index in [1.54, 1.807) is 25.4 Å². The van der Waals surface area contributed by atoms with Gasteiger partial charge in [-0.05, 0) is 38.2 Å². The van der Waals surface area contributed by atoms with Crippen LogP contribution in [0.15, 0.2) is 42.5 Å². The first-order valence-corrected chi connectivity index (χ1v) is 15.8. The third-order valence-corrected chi connectivity index (χ3v) is 6.14. The number of allylic oxidation sites excluding steroid dienone is 1. The van der Waals surface area contributed by atoms with Gasteiger partial charge in [0.2, 0.25) is 11.8 Å². The van der Waals surface area contributed by atoms with E-state index >= 15 is 0 Å². The number of aryl methyl sites for hydroxylation is 2. The highest BCUT2D eigenvalue weighted by Crippen LogP contribution is 2.26. The van der Waals surface area contributed by atoms with E-state index in [0.29, 0.717) is 22.2 Å². The smallest absolute Gasteiger partial charge is 0.261 e. The molecule has 1 aromatic heterocycles.